The van der Waals surface area contributed by atoms with Gasteiger partial charge >= 0.3 is 6.09 Å². The lowest BCUT2D eigenvalue weighted by atomic mass is 10.2. The summed E-state index contributed by atoms with van der Waals surface area (Å²) in [5, 5.41) is 19.3. The van der Waals surface area contributed by atoms with E-state index in [4.69, 9.17) is 15.3 Å². The number of carbonyl (C=O) groups excluding carboxylic acids is 1. The summed E-state index contributed by atoms with van der Waals surface area (Å²) in [4.78, 5) is 14.4. The molecule has 1 aliphatic heterocycles. The Hall–Kier alpha value is -2.19. The molecule has 0 aromatic heterocycles. The van der Waals surface area contributed by atoms with Gasteiger partial charge in [-0.15, -0.1) is 0 Å². The van der Waals surface area contributed by atoms with Gasteiger partial charge in [0.05, 0.1) is 30.9 Å². The molecule has 0 spiro atoms. The predicted molar refractivity (Wildman–Crippen MR) is 81.2 cm³/mol. The molecule has 2 rings (SSSR count). The number of hydrogen-bond donors (Lipinski definition) is 3. The number of rotatable bonds is 7. The van der Waals surface area contributed by atoms with Gasteiger partial charge in [0.25, 0.3) is 0 Å². The minimum Gasteiger partial charge on any atom is -0.441 e. The van der Waals surface area contributed by atoms with Crippen LogP contribution in [0.3, 0.4) is 0 Å². The largest absolute Gasteiger partial charge is 0.441 e. The fourth-order valence-corrected chi connectivity index (χ4v) is 2.21. The maximum Gasteiger partial charge on any atom is 0.414 e. The third-order valence-corrected chi connectivity index (χ3v) is 3.39. The molecule has 0 aliphatic carbocycles. The number of benzene rings is 1. The van der Waals surface area contributed by atoms with E-state index in [2.05, 4.69) is 5.32 Å². The Morgan fingerprint density at radius 1 is 1.64 bits per heavy atom. The van der Waals surface area contributed by atoms with Crippen molar-refractivity contribution in [2.24, 2.45) is 0 Å². The number of nitrogens with one attached hydrogen (secondary N) is 2. The molecule has 0 bridgehead atoms. The van der Waals surface area contributed by atoms with Crippen LogP contribution >= 0.6 is 0 Å². The fraction of sp³-hybridized carbons (Fsp3) is 0.429. The average Bonchev–Trinajstić information content (AvgIpc) is 2.90. The predicted octanol–water partition coefficient (Wildman–Crippen LogP) is 0.776. The van der Waals surface area contributed by atoms with Crippen LogP contribution in [-0.2, 0) is 4.74 Å². The zero-order valence-corrected chi connectivity index (χ0v) is 12.3. The van der Waals surface area contributed by atoms with E-state index in [-0.39, 0.29) is 18.8 Å². The Kier molecular flexibility index (Phi) is 5.29. The highest BCUT2D eigenvalue weighted by Crippen LogP contribution is 2.27. The van der Waals surface area contributed by atoms with E-state index >= 15 is 0 Å². The monoisotopic (exact) mass is 310 g/mol. The van der Waals surface area contributed by atoms with Crippen LogP contribution < -0.4 is 15.1 Å². The van der Waals surface area contributed by atoms with Gasteiger partial charge in [-0.2, -0.15) is 0 Å². The van der Waals surface area contributed by atoms with Crippen molar-refractivity contribution in [1.29, 1.82) is 5.41 Å². The summed E-state index contributed by atoms with van der Waals surface area (Å²) in [6, 6.07) is 4.34. The summed E-state index contributed by atoms with van der Waals surface area (Å²) in [7, 11) is 1.78. The zero-order chi connectivity index (χ0) is 16.1. The molecule has 8 heteroatoms. The van der Waals surface area contributed by atoms with Crippen molar-refractivity contribution in [2.45, 2.75) is 6.10 Å². The fourth-order valence-electron chi connectivity index (χ4n) is 2.21. The van der Waals surface area contributed by atoms with Gasteiger partial charge in [-0.1, -0.05) is 0 Å². The first-order valence-electron chi connectivity index (χ1n) is 6.91. The van der Waals surface area contributed by atoms with E-state index in [1.54, 1.807) is 13.1 Å². The maximum atomic E-state index is 14.3. The quantitative estimate of drug-likeness (QED) is 0.511. The first-order chi connectivity index (χ1) is 10.6. The molecule has 1 unspecified atom stereocenters. The number of aliphatic hydroxyl groups is 1. The van der Waals surface area contributed by atoms with Crippen LogP contribution in [0.15, 0.2) is 18.2 Å². The lowest BCUT2D eigenvalue weighted by Crippen LogP contribution is -2.30. The zero-order valence-electron chi connectivity index (χ0n) is 12.3. The molecule has 120 valence electrons. The lowest BCUT2D eigenvalue weighted by Gasteiger charge is -2.21. The Labute approximate surface area is 127 Å². The van der Waals surface area contributed by atoms with E-state index in [1.807, 2.05) is 0 Å². The number of halogens is 1. The molecular formula is C14H19FN4O3. The normalized spacial score (nSPS) is 17.5. The van der Waals surface area contributed by atoms with E-state index in [0.29, 0.717) is 18.8 Å². The third-order valence-electron chi connectivity index (χ3n) is 3.39. The van der Waals surface area contributed by atoms with Gasteiger partial charge in [0.1, 0.15) is 11.9 Å². The van der Waals surface area contributed by atoms with Crippen LogP contribution in [0.4, 0.5) is 20.6 Å². The Bertz CT molecular complexity index is 555. The van der Waals surface area contributed by atoms with Gasteiger partial charge in [0, 0.05) is 13.1 Å². The number of hydrogen-bond acceptors (Lipinski definition) is 5. The molecule has 3 N–H and O–H groups in total. The van der Waals surface area contributed by atoms with Gasteiger partial charge < -0.3 is 20.1 Å². The van der Waals surface area contributed by atoms with Gasteiger partial charge in [-0.05, 0) is 25.2 Å². The summed E-state index contributed by atoms with van der Waals surface area (Å²) < 4.78 is 19.2. The third kappa shape index (κ3) is 3.34. The van der Waals surface area contributed by atoms with Crippen molar-refractivity contribution in [3.63, 3.8) is 0 Å². The van der Waals surface area contributed by atoms with E-state index in [9.17, 15) is 9.18 Å². The van der Waals surface area contributed by atoms with E-state index in [0.717, 1.165) is 6.34 Å². The van der Waals surface area contributed by atoms with Crippen molar-refractivity contribution in [1.82, 2.24) is 5.32 Å². The molecule has 1 heterocycles. The van der Waals surface area contributed by atoms with Crippen LogP contribution in [0, 0.1) is 11.2 Å². The van der Waals surface area contributed by atoms with Gasteiger partial charge in [-0.3, -0.25) is 10.3 Å². The minimum atomic E-state index is -0.606. The van der Waals surface area contributed by atoms with Crippen molar-refractivity contribution >= 4 is 23.8 Å². The molecular weight excluding hydrogens is 291 g/mol. The molecule has 22 heavy (non-hydrogen) atoms. The Morgan fingerprint density at radius 3 is 2.95 bits per heavy atom. The van der Waals surface area contributed by atoms with Gasteiger partial charge in [0.15, 0.2) is 0 Å². The second-order valence-electron chi connectivity index (χ2n) is 4.86. The first-order valence-corrected chi connectivity index (χ1v) is 6.91. The molecule has 1 fully saturated rings. The van der Waals surface area contributed by atoms with Crippen molar-refractivity contribution in [3.05, 3.63) is 24.0 Å². The maximum absolute atomic E-state index is 14.3. The molecule has 7 nitrogen and oxygen atoms in total. The number of likely N-dealkylation sites (N-methyl/N-ethyl adjacent to an activating group) is 1. The molecule has 1 aromatic rings. The molecule has 1 saturated heterocycles. The lowest BCUT2D eigenvalue weighted by molar-refractivity contribution is 0.0963. The first kappa shape index (κ1) is 16.2. The average molecular weight is 310 g/mol. The summed E-state index contributed by atoms with van der Waals surface area (Å²) >= 11 is 0. The summed E-state index contributed by atoms with van der Waals surface area (Å²) in [5.74, 6) is -0.530. The number of cyclic esters (lactones) is 1. The van der Waals surface area contributed by atoms with Crippen LogP contribution in [0.5, 0.6) is 0 Å². The highest BCUT2D eigenvalue weighted by atomic mass is 19.1. The van der Waals surface area contributed by atoms with E-state index in [1.165, 1.54) is 21.9 Å². The van der Waals surface area contributed by atoms with Gasteiger partial charge in [-0.25, -0.2) is 9.18 Å². The van der Waals surface area contributed by atoms with Crippen LogP contribution in [0.1, 0.15) is 0 Å². The number of anilines is 2. The molecule has 1 atom stereocenters. The van der Waals surface area contributed by atoms with Crippen LogP contribution in [-0.4, -0.2) is 56.9 Å². The number of amides is 1. The molecule has 0 saturated carbocycles. The topological polar surface area (TPSA) is 88.9 Å². The molecule has 1 aromatic carbocycles. The van der Waals surface area contributed by atoms with Gasteiger partial charge in [0.2, 0.25) is 0 Å². The number of aliphatic hydroxyl groups excluding tert-OH is 1. The molecule has 0 radical (unpaired) electrons. The van der Waals surface area contributed by atoms with E-state index < -0.39 is 18.0 Å². The van der Waals surface area contributed by atoms with Crippen LogP contribution in [0.2, 0.25) is 0 Å². The summed E-state index contributed by atoms with van der Waals surface area (Å²) in [6.07, 6.45) is -0.143. The summed E-state index contributed by atoms with van der Waals surface area (Å²) in [6.45, 7) is 0.971. The Balaban J connectivity index is 2.19. The number of nitrogens with zero attached hydrogens (tertiary/aromatic N) is 2. The van der Waals surface area contributed by atoms with Crippen molar-refractivity contribution in [2.75, 3.05) is 43.1 Å². The minimum absolute atomic E-state index is 0.183. The van der Waals surface area contributed by atoms with Crippen LogP contribution in [0.25, 0.3) is 0 Å². The number of ether oxygens (including phenoxy) is 1. The Morgan fingerprint density at radius 2 is 2.41 bits per heavy atom. The van der Waals surface area contributed by atoms with Crippen molar-refractivity contribution < 1.29 is 19.0 Å². The molecule has 1 amide bonds. The van der Waals surface area contributed by atoms with Crippen molar-refractivity contribution in [3.8, 4) is 0 Å². The second kappa shape index (κ2) is 7.19. The second-order valence-corrected chi connectivity index (χ2v) is 4.86. The standard InChI is InChI=1S/C14H19FN4O3/c1-17-4-5-18(9-16)13-3-2-10(6-12(13)15)19-7-11(8-20)22-14(19)21/h2-3,6,9,11,16-17,20H,4-5,7-8H2,1H3. The SMILES string of the molecule is CNCCN(C=N)c1ccc(N2CC(CO)OC2=O)cc1F. The number of carbonyl (C=O) groups is 1. The highest BCUT2D eigenvalue weighted by Gasteiger charge is 2.32. The highest BCUT2D eigenvalue weighted by molar-refractivity contribution is 5.90. The molecule has 1 aliphatic rings. The smallest absolute Gasteiger partial charge is 0.414 e. The summed E-state index contributed by atoms with van der Waals surface area (Å²) in [5.41, 5.74) is 0.626.